The minimum absolute atomic E-state index is 0.0993. The second-order valence-electron chi connectivity index (χ2n) is 4.90. The molecule has 0 aliphatic rings. The van der Waals surface area contributed by atoms with Crippen molar-refractivity contribution in [3.05, 3.63) is 53.9 Å². The van der Waals surface area contributed by atoms with Crippen LogP contribution in [0.25, 0.3) is 6.08 Å². The van der Waals surface area contributed by atoms with Gasteiger partial charge in [-0.25, -0.2) is 0 Å². The van der Waals surface area contributed by atoms with E-state index in [0.29, 0.717) is 13.2 Å². The monoisotopic (exact) mass is 299 g/mol. The van der Waals surface area contributed by atoms with E-state index in [9.17, 15) is 4.79 Å². The number of hydrogen-bond acceptors (Lipinski definition) is 3. The Hall–Kier alpha value is -2.56. The van der Waals surface area contributed by atoms with Crippen LogP contribution in [0.2, 0.25) is 0 Å². The van der Waals surface area contributed by atoms with E-state index in [1.165, 1.54) is 0 Å². The van der Waals surface area contributed by atoms with Crippen molar-refractivity contribution >= 4 is 12.0 Å². The number of aromatic nitrogens is 2. The van der Waals surface area contributed by atoms with E-state index in [1.54, 1.807) is 16.8 Å². The van der Waals surface area contributed by atoms with Gasteiger partial charge in [-0.3, -0.25) is 9.48 Å². The number of ether oxygens (including phenoxy) is 1. The fourth-order valence-corrected chi connectivity index (χ4v) is 2.00. The van der Waals surface area contributed by atoms with Gasteiger partial charge in [-0.1, -0.05) is 12.1 Å². The van der Waals surface area contributed by atoms with Crippen LogP contribution >= 0.6 is 0 Å². The third-order valence-electron chi connectivity index (χ3n) is 3.09. The van der Waals surface area contributed by atoms with Gasteiger partial charge in [0.05, 0.1) is 12.8 Å². The van der Waals surface area contributed by atoms with Crippen molar-refractivity contribution in [2.75, 3.05) is 13.2 Å². The molecular weight excluding hydrogens is 278 g/mol. The number of carbonyl (C=O) groups excluding carboxylic acids is 1. The molecule has 0 atom stereocenters. The number of nitrogens with zero attached hydrogens (tertiary/aromatic N) is 2. The molecule has 0 aliphatic carbocycles. The van der Waals surface area contributed by atoms with Crippen molar-refractivity contribution in [3.63, 3.8) is 0 Å². The lowest BCUT2D eigenvalue weighted by Gasteiger charge is -2.02. The highest BCUT2D eigenvalue weighted by Crippen LogP contribution is 2.12. The summed E-state index contributed by atoms with van der Waals surface area (Å²) < 4.78 is 7.13. The predicted molar refractivity (Wildman–Crippen MR) is 86.6 cm³/mol. The minimum Gasteiger partial charge on any atom is -0.494 e. The molecule has 0 saturated heterocycles. The van der Waals surface area contributed by atoms with Gasteiger partial charge in [-0.2, -0.15) is 5.10 Å². The van der Waals surface area contributed by atoms with Crippen LogP contribution in [0.5, 0.6) is 5.75 Å². The van der Waals surface area contributed by atoms with Gasteiger partial charge >= 0.3 is 0 Å². The van der Waals surface area contributed by atoms with Crippen LogP contribution < -0.4 is 10.1 Å². The second kappa shape index (κ2) is 8.02. The summed E-state index contributed by atoms with van der Waals surface area (Å²) in [5.74, 6) is 0.735. The summed E-state index contributed by atoms with van der Waals surface area (Å²) in [5.41, 5.74) is 2.07. The van der Waals surface area contributed by atoms with Gasteiger partial charge in [-0.05, 0) is 42.7 Å². The smallest absolute Gasteiger partial charge is 0.244 e. The summed E-state index contributed by atoms with van der Waals surface area (Å²) in [6.07, 6.45) is 7.86. The Balaban J connectivity index is 1.75. The first-order chi connectivity index (χ1) is 10.7. The maximum absolute atomic E-state index is 11.7. The van der Waals surface area contributed by atoms with Gasteiger partial charge < -0.3 is 10.1 Å². The molecule has 116 valence electrons. The molecule has 0 spiro atoms. The average molecular weight is 299 g/mol. The molecule has 5 heteroatoms. The molecule has 0 radical (unpaired) electrons. The summed E-state index contributed by atoms with van der Waals surface area (Å²) in [4.78, 5) is 11.7. The Morgan fingerprint density at radius 3 is 2.77 bits per heavy atom. The van der Waals surface area contributed by atoms with Gasteiger partial charge in [-0.15, -0.1) is 0 Å². The van der Waals surface area contributed by atoms with Crippen molar-refractivity contribution in [1.29, 1.82) is 0 Å². The number of amides is 1. The number of benzene rings is 1. The number of carbonyl (C=O) groups is 1. The Morgan fingerprint density at radius 2 is 2.14 bits per heavy atom. The Labute approximate surface area is 130 Å². The third kappa shape index (κ3) is 5.09. The molecule has 1 N–H and O–H groups in total. The molecule has 1 heterocycles. The lowest BCUT2D eigenvalue weighted by molar-refractivity contribution is -0.116. The maximum Gasteiger partial charge on any atom is 0.244 e. The van der Waals surface area contributed by atoms with Gasteiger partial charge in [0.15, 0.2) is 0 Å². The number of aryl methyl sites for hydroxylation is 1. The van der Waals surface area contributed by atoms with E-state index in [0.717, 1.165) is 23.3 Å². The highest BCUT2D eigenvalue weighted by atomic mass is 16.5. The normalized spacial score (nSPS) is 10.8. The Kier molecular flexibility index (Phi) is 5.77. The third-order valence-corrected chi connectivity index (χ3v) is 3.09. The number of nitrogens with one attached hydrogen (secondary N) is 1. The molecule has 22 heavy (non-hydrogen) atoms. The zero-order valence-electron chi connectivity index (χ0n) is 13.0. The van der Waals surface area contributed by atoms with Gasteiger partial charge in [0, 0.05) is 25.9 Å². The summed E-state index contributed by atoms with van der Waals surface area (Å²) in [7, 11) is 1.88. The van der Waals surface area contributed by atoms with Crippen LogP contribution in [0.15, 0.2) is 42.7 Å². The molecule has 0 saturated carbocycles. The lowest BCUT2D eigenvalue weighted by Crippen LogP contribution is -2.23. The fourth-order valence-electron chi connectivity index (χ4n) is 2.00. The zero-order chi connectivity index (χ0) is 15.8. The SMILES string of the molecule is CCOc1ccc(/C=C\C(=O)NCCc2cnn(C)c2)cc1. The molecule has 0 unspecified atom stereocenters. The van der Waals surface area contributed by atoms with Crippen molar-refractivity contribution in [2.24, 2.45) is 7.05 Å². The molecular formula is C17H21N3O2. The van der Waals surface area contributed by atoms with E-state index in [-0.39, 0.29) is 5.91 Å². The van der Waals surface area contributed by atoms with E-state index in [2.05, 4.69) is 10.4 Å². The largest absolute Gasteiger partial charge is 0.494 e. The van der Waals surface area contributed by atoms with E-state index < -0.39 is 0 Å². The van der Waals surface area contributed by atoms with Crippen molar-refractivity contribution in [3.8, 4) is 5.75 Å². The topological polar surface area (TPSA) is 56.1 Å². The molecule has 1 amide bonds. The van der Waals surface area contributed by atoms with Crippen LogP contribution in [0.1, 0.15) is 18.1 Å². The van der Waals surface area contributed by atoms with Crippen LogP contribution in [0, 0.1) is 0 Å². The molecule has 5 nitrogen and oxygen atoms in total. The van der Waals surface area contributed by atoms with Gasteiger partial charge in [0.1, 0.15) is 5.75 Å². The molecule has 0 fully saturated rings. The second-order valence-corrected chi connectivity index (χ2v) is 4.90. The predicted octanol–water partition coefficient (Wildman–Crippen LogP) is 2.19. The first-order valence-electron chi connectivity index (χ1n) is 7.33. The van der Waals surface area contributed by atoms with Crippen molar-refractivity contribution in [2.45, 2.75) is 13.3 Å². The van der Waals surface area contributed by atoms with E-state index in [4.69, 9.17) is 4.74 Å². The standard InChI is InChI=1S/C17H21N3O2/c1-3-22-16-7-4-14(5-8-16)6-9-17(21)18-11-10-15-12-19-20(2)13-15/h4-9,12-13H,3,10-11H2,1-2H3,(H,18,21)/b9-6-. The molecule has 1 aromatic heterocycles. The van der Waals surface area contributed by atoms with Crippen LogP contribution in [-0.4, -0.2) is 28.8 Å². The molecule has 0 bridgehead atoms. The molecule has 2 aromatic rings. The number of rotatable bonds is 7. The quantitative estimate of drug-likeness (QED) is 0.797. The zero-order valence-corrected chi connectivity index (χ0v) is 13.0. The molecule has 0 aliphatic heterocycles. The van der Waals surface area contributed by atoms with Crippen molar-refractivity contribution in [1.82, 2.24) is 15.1 Å². The van der Waals surface area contributed by atoms with Crippen LogP contribution in [0.4, 0.5) is 0 Å². The van der Waals surface area contributed by atoms with Crippen LogP contribution in [-0.2, 0) is 18.3 Å². The minimum atomic E-state index is -0.0993. The molecule has 2 rings (SSSR count). The summed E-state index contributed by atoms with van der Waals surface area (Å²) in [6, 6.07) is 7.63. The number of hydrogen-bond donors (Lipinski definition) is 1. The highest BCUT2D eigenvalue weighted by molar-refractivity contribution is 5.91. The van der Waals surface area contributed by atoms with E-state index in [1.807, 2.05) is 50.6 Å². The Morgan fingerprint density at radius 1 is 1.36 bits per heavy atom. The average Bonchev–Trinajstić information content (AvgIpc) is 2.92. The van der Waals surface area contributed by atoms with Gasteiger partial charge in [0.25, 0.3) is 0 Å². The first kappa shape index (κ1) is 15.8. The molecule has 1 aromatic carbocycles. The van der Waals surface area contributed by atoms with Gasteiger partial charge in [0.2, 0.25) is 5.91 Å². The van der Waals surface area contributed by atoms with Crippen LogP contribution in [0.3, 0.4) is 0 Å². The summed E-state index contributed by atoms with van der Waals surface area (Å²) in [6.45, 7) is 3.19. The Bertz CT molecular complexity index is 630. The lowest BCUT2D eigenvalue weighted by atomic mass is 10.2. The summed E-state index contributed by atoms with van der Waals surface area (Å²) in [5, 5.41) is 6.95. The van der Waals surface area contributed by atoms with Crippen molar-refractivity contribution < 1.29 is 9.53 Å². The highest BCUT2D eigenvalue weighted by Gasteiger charge is 1.98. The van der Waals surface area contributed by atoms with E-state index >= 15 is 0 Å². The maximum atomic E-state index is 11.7. The summed E-state index contributed by atoms with van der Waals surface area (Å²) >= 11 is 0. The fraction of sp³-hybridized carbons (Fsp3) is 0.294. The first-order valence-corrected chi connectivity index (χ1v) is 7.33.